The molecule has 1 aromatic carbocycles. The van der Waals surface area contributed by atoms with E-state index in [0.29, 0.717) is 22.9 Å². The van der Waals surface area contributed by atoms with E-state index in [-0.39, 0.29) is 17.8 Å². The smallest absolute Gasteiger partial charge is 0.254 e. The Morgan fingerprint density at radius 2 is 1.96 bits per heavy atom. The van der Waals surface area contributed by atoms with Crippen LogP contribution in [-0.4, -0.2) is 25.5 Å². The van der Waals surface area contributed by atoms with Crippen LogP contribution in [0.1, 0.15) is 36.2 Å². The van der Waals surface area contributed by atoms with Gasteiger partial charge < -0.3 is 0 Å². The number of nitrogens with one attached hydrogen (secondary N) is 1. The number of benzene rings is 1. The molecule has 1 amide bonds. The summed E-state index contributed by atoms with van der Waals surface area (Å²) >= 11 is 6.19. The maximum Gasteiger partial charge on any atom is 0.254 e. The molecule has 2 heterocycles. The molecule has 0 saturated carbocycles. The van der Waals surface area contributed by atoms with Crippen LogP contribution in [0.15, 0.2) is 30.3 Å². The van der Waals surface area contributed by atoms with E-state index in [2.05, 4.69) is 20.4 Å². The zero-order valence-electron chi connectivity index (χ0n) is 13.7. The van der Waals surface area contributed by atoms with Crippen molar-refractivity contribution >= 4 is 29.2 Å². The zero-order valence-corrected chi connectivity index (χ0v) is 14.5. The number of halogens is 1. The summed E-state index contributed by atoms with van der Waals surface area (Å²) in [6.07, 6.45) is 0.686. The van der Waals surface area contributed by atoms with Gasteiger partial charge in [-0.15, -0.1) is 5.10 Å². The van der Waals surface area contributed by atoms with Crippen molar-refractivity contribution in [2.45, 2.75) is 33.1 Å². The SMILES string of the molecule is CCC(C(=O)Nc1nc2nc(C)c(Cl)c(C)n2n1)c1ccccc1. The van der Waals surface area contributed by atoms with E-state index in [1.165, 1.54) is 4.52 Å². The molecule has 1 atom stereocenters. The van der Waals surface area contributed by atoms with Crippen LogP contribution in [0.3, 0.4) is 0 Å². The highest BCUT2D eigenvalue weighted by Gasteiger charge is 2.21. The van der Waals surface area contributed by atoms with Gasteiger partial charge in [-0.1, -0.05) is 48.9 Å². The molecule has 2 aromatic heterocycles. The van der Waals surface area contributed by atoms with Gasteiger partial charge >= 0.3 is 0 Å². The number of rotatable bonds is 4. The first-order valence-electron chi connectivity index (χ1n) is 7.76. The van der Waals surface area contributed by atoms with Crippen LogP contribution in [0.2, 0.25) is 5.02 Å². The third-order valence-electron chi connectivity index (χ3n) is 3.97. The molecule has 7 heteroatoms. The van der Waals surface area contributed by atoms with Gasteiger partial charge in [-0.2, -0.15) is 9.50 Å². The van der Waals surface area contributed by atoms with Crippen LogP contribution in [-0.2, 0) is 4.79 Å². The fourth-order valence-corrected chi connectivity index (χ4v) is 2.79. The lowest BCUT2D eigenvalue weighted by Gasteiger charge is -2.13. The lowest BCUT2D eigenvalue weighted by atomic mass is 9.96. The zero-order chi connectivity index (χ0) is 17.3. The predicted molar refractivity (Wildman–Crippen MR) is 93.4 cm³/mol. The Morgan fingerprint density at radius 1 is 1.25 bits per heavy atom. The fourth-order valence-electron chi connectivity index (χ4n) is 2.66. The van der Waals surface area contributed by atoms with Gasteiger partial charge in [-0.3, -0.25) is 10.1 Å². The molecule has 0 saturated heterocycles. The Morgan fingerprint density at radius 3 is 2.62 bits per heavy atom. The topological polar surface area (TPSA) is 72.2 Å². The molecule has 0 fully saturated rings. The summed E-state index contributed by atoms with van der Waals surface area (Å²) < 4.78 is 1.54. The number of aryl methyl sites for hydroxylation is 2. The molecule has 3 aromatic rings. The third kappa shape index (κ3) is 2.97. The highest BCUT2D eigenvalue weighted by molar-refractivity contribution is 6.31. The van der Waals surface area contributed by atoms with Crippen LogP contribution in [0, 0.1) is 13.8 Å². The normalized spacial score (nSPS) is 12.3. The minimum atomic E-state index is -0.253. The Labute approximate surface area is 144 Å². The lowest BCUT2D eigenvalue weighted by molar-refractivity contribution is -0.117. The Hall–Kier alpha value is -2.47. The van der Waals surface area contributed by atoms with Crippen LogP contribution < -0.4 is 5.32 Å². The molecular formula is C17H18ClN5O. The van der Waals surface area contributed by atoms with E-state index < -0.39 is 0 Å². The number of anilines is 1. The largest absolute Gasteiger partial charge is 0.293 e. The van der Waals surface area contributed by atoms with E-state index in [1.54, 1.807) is 0 Å². The van der Waals surface area contributed by atoms with Gasteiger partial charge in [-0.25, -0.2) is 4.98 Å². The highest BCUT2D eigenvalue weighted by atomic mass is 35.5. The summed E-state index contributed by atoms with van der Waals surface area (Å²) in [6.45, 7) is 5.62. The number of amides is 1. The molecule has 1 unspecified atom stereocenters. The van der Waals surface area contributed by atoms with Gasteiger partial charge in [-0.05, 0) is 25.8 Å². The summed E-state index contributed by atoms with van der Waals surface area (Å²) in [5.74, 6) is 0.251. The average Bonchev–Trinajstić information content (AvgIpc) is 2.97. The minimum Gasteiger partial charge on any atom is -0.293 e. The second-order valence-electron chi connectivity index (χ2n) is 5.60. The van der Waals surface area contributed by atoms with Crippen LogP contribution >= 0.6 is 11.6 Å². The van der Waals surface area contributed by atoms with E-state index in [9.17, 15) is 4.79 Å². The van der Waals surface area contributed by atoms with Crippen molar-refractivity contribution in [3.63, 3.8) is 0 Å². The monoisotopic (exact) mass is 343 g/mol. The minimum absolute atomic E-state index is 0.139. The average molecular weight is 344 g/mol. The first kappa shape index (κ1) is 16.4. The van der Waals surface area contributed by atoms with Gasteiger partial charge in [0, 0.05) is 0 Å². The van der Waals surface area contributed by atoms with Crippen LogP contribution in [0.25, 0.3) is 5.78 Å². The highest BCUT2D eigenvalue weighted by Crippen LogP contribution is 2.22. The fraction of sp³-hybridized carbons (Fsp3) is 0.294. The van der Waals surface area contributed by atoms with Crippen molar-refractivity contribution in [1.82, 2.24) is 19.6 Å². The molecular weight excluding hydrogens is 326 g/mol. The maximum atomic E-state index is 12.6. The number of hydrogen-bond donors (Lipinski definition) is 1. The number of nitrogens with zero attached hydrogens (tertiary/aromatic N) is 4. The van der Waals surface area contributed by atoms with Gasteiger partial charge in [0.25, 0.3) is 11.7 Å². The third-order valence-corrected chi connectivity index (χ3v) is 4.52. The summed E-state index contributed by atoms with van der Waals surface area (Å²) in [7, 11) is 0. The molecule has 0 aliphatic carbocycles. The number of carbonyl (C=O) groups excluding carboxylic acids is 1. The second-order valence-corrected chi connectivity index (χ2v) is 5.98. The molecule has 124 valence electrons. The summed E-state index contributed by atoms with van der Waals surface area (Å²) in [6, 6.07) is 9.66. The Kier molecular flexibility index (Phi) is 4.49. The van der Waals surface area contributed by atoms with E-state index in [4.69, 9.17) is 11.6 Å². The maximum absolute atomic E-state index is 12.6. The van der Waals surface area contributed by atoms with Crippen LogP contribution in [0.4, 0.5) is 5.95 Å². The predicted octanol–water partition coefficient (Wildman–Crippen LogP) is 3.53. The molecule has 24 heavy (non-hydrogen) atoms. The van der Waals surface area contributed by atoms with Crippen molar-refractivity contribution < 1.29 is 4.79 Å². The molecule has 1 N–H and O–H groups in total. The van der Waals surface area contributed by atoms with E-state index in [1.807, 2.05) is 51.1 Å². The molecule has 0 bridgehead atoms. The standard InChI is InChI=1S/C17H18ClN5O/c1-4-13(12-8-6-5-7-9-12)15(24)20-16-21-17-19-10(2)14(18)11(3)23(17)22-16/h5-9,13H,4H2,1-3H3,(H,20,22,24). The molecule has 3 rings (SSSR count). The van der Waals surface area contributed by atoms with Gasteiger partial charge in [0.2, 0.25) is 5.91 Å². The first-order chi connectivity index (χ1) is 11.5. The molecule has 0 spiro atoms. The van der Waals surface area contributed by atoms with Crippen LogP contribution in [0.5, 0.6) is 0 Å². The van der Waals surface area contributed by atoms with E-state index >= 15 is 0 Å². The molecule has 6 nitrogen and oxygen atoms in total. The van der Waals surface area contributed by atoms with Gasteiger partial charge in [0.05, 0.1) is 22.3 Å². The summed E-state index contributed by atoms with van der Waals surface area (Å²) in [5, 5.41) is 7.62. The molecule has 0 aliphatic rings. The van der Waals surface area contributed by atoms with Crippen molar-refractivity contribution in [3.05, 3.63) is 52.3 Å². The van der Waals surface area contributed by atoms with E-state index in [0.717, 1.165) is 11.3 Å². The lowest BCUT2D eigenvalue weighted by Crippen LogP contribution is -2.21. The second kappa shape index (κ2) is 6.57. The quantitative estimate of drug-likeness (QED) is 0.786. The van der Waals surface area contributed by atoms with Crippen molar-refractivity contribution in [2.75, 3.05) is 5.32 Å². The summed E-state index contributed by atoms with van der Waals surface area (Å²) in [4.78, 5) is 21.2. The number of carbonyl (C=O) groups is 1. The Bertz CT molecular complexity index is 891. The van der Waals surface area contributed by atoms with Gasteiger partial charge in [0.1, 0.15) is 0 Å². The Balaban J connectivity index is 1.89. The van der Waals surface area contributed by atoms with Gasteiger partial charge in [0.15, 0.2) is 0 Å². The van der Waals surface area contributed by atoms with Crippen molar-refractivity contribution in [3.8, 4) is 0 Å². The van der Waals surface area contributed by atoms with Crippen molar-refractivity contribution in [1.29, 1.82) is 0 Å². The number of fused-ring (bicyclic) bond motifs is 1. The number of hydrogen-bond acceptors (Lipinski definition) is 4. The van der Waals surface area contributed by atoms with Crippen molar-refractivity contribution in [2.24, 2.45) is 0 Å². The molecule has 0 aliphatic heterocycles. The summed E-state index contributed by atoms with van der Waals surface area (Å²) in [5.41, 5.74) is 2.39. The number of aromatic nitrogens is 4. The first-order valence-corrected chi connectivity index (χ1v) is 8.14. The molecule has 0 radical (unpaired) electrons.